The van der Waals surface area contributed by atoms with Gasteiger partial charge >= 0.3 is 12.0 Å². The zero-order valence-electron chi connectivity index (χ0n) is 19.1. The average Bonchev–Trinajstić information content (AvgIpc) is 3.35. The van der Waals surface area contributed by atoms with Gasteiger partial charge in [-0.1, -0.05) is 22.0 Å². The highest BCUT2D eigenvalue weighted by atomic mass is 79.9. The van der Waals surface area contributed by atoms with Crippen LogP contribution in [-0.4, -0.2) is 38.0 Å². The Labute approximate surface area is 213 Å². The number of ether oxygens (including phenoxy) is 3. The second-order valence-corrected chi connectivity index (χ2v) is 8.31. The number of rotatable bonds is 7. The van der Waals surface area contributed by atoms with Crippen LogP contribution >= 0.6 is 15.9 Å². The number of methoxy groups -OCH3 is 2. The van der Waals surface area contributed by atoms with E-state index in [-0.39, 0.29) is 17.9 Å². The Morgan fingerprint density at radius 2 is 1.78 bits per heavy atom. The number of hydrogen-bond acceptors (Lipinski definition) is 8. The van der Waals surface area contributed by atoms with Crippen LogP contribution in [0.5, 0.6) is 11.5 Å². The summed E-state index contributed by atoms with van der Waals surface area (Å²) in [5.41, 5.74) is 0.557. The highest BCUT2D eigenvalue weighted by molar-refractivity contribution is 9.10. The third kappa shape index (κ3) is 5.15. The summed E-state index contributed by atoms with van der Waals surface area (Å²) in [6.07, 6.45) is 1.36. The number of furan rings is 1. The lowest BCUT2D eigenvalue weighted by Gasteiger charge is -2.26. The predicted octanol–water partition coefficient (Wildman–Crippen LogP) is 4.08. The summed E-state index contributed by atoms with van der Waals surface area (Å²) >= 11 is 3.30. The molecular weight excluding hydrogens is 536 g/mol. The lowest BCUT2D eigenvalue weighted by atomic mass is 10.1. The number of esters is 1. The third-order valence-electron chi connectivity index (χ3n) is 5.10. The van der Waals surface area contributed by atoms with E-state index in [9.17, 15) is 19.2 Å². The van der Waals surface area contributed by atoms with Gasteiger partial charge in [-0.3, -0.25) is 14.9 Å². The van der Waals surface area contributed by atoms with Crippen LogP contribution < -0.4 is 19.7 Å². The third-order valence-corrected chi connectivity index (χ3v) is 5.63. The van der Waals surface area contributed by atoms with Crippen LogP contribution in [0, 0.1) is 0 Å². The Kier molecular flexibility index (Phi) is 7.20. The zero-order valence-corrected chi connectivity index (χ0v) is 20.7. The number of carbonyl (C=O) groups is 4. The van der Waals surface area contributed by atoms with Crippen molar-refractivity contribution in [2.45, 2.75) is 6.61 Å². The van der Waals surface area contributed by atoms with E-state index in [0.717, 1.165) is 9.37 Å². The second-order valence-electron chi connectivity index (χ2n) is 7.39. The summed E-state index contributed by atoms with van der Waals surface area (Å²) in [6.45, 7) is 0.0128. The van der Waals surface area contributed by atoms with Gasteiger partial charge in [0.15, 0.2) is 11.5 Å². The molecule has 11 heteroatoms. The van der Waals surface area contributed by atoms with Crippen LogP contribution in [0.1, 0.15) is 21.9 Å². The quantitative estimate of drug-likeness (QED) is 0.263. The van der Waals surface area contributed by atoms with Gasteiger partial charge in [-0.2, -0.15) is 0 Å². The molecule has 36 heavy (non-hydrogen) atoms. The van der Waals surface area contributed by atoms with Gasteiger partial charge in [0.1, 0.15) is 17.9 Å². The smallest absolute Gasteiger partial charge is 0.373 e. The van der Waals surface area contributed by atoms with Crippen LogP contribution in [0.3, 0.4) is 0 Å². The van der Waals surface area contributed by atoms with Crippen molar-refractivity contribution >= 4 is 51.5 Å². The molecule has 1 aromatic heterocycles. The van der Waals surface area contributed by atoms with Gasteiger partial charge in [-0.25, -0.2) is 14.5 Å². The van der Waals surface area contributed by atoms with Gasteiger partial charge in [-0.05, 0) is 60.2 Å². The molecule has 1 aliphatic rings. The Hall–Kier alpha value is -4.38. The van der Waals surface area contributed by atoms with Crippen molar-refractivity contribution in [2.24, 2.45) is 0 Å². The number of imide groups is 2. The molecule has 0 radical (unpaired) electrons. The van der Waals surface area contributed by atoms with Gasteiger partial charge in [0.25, 0.3) is 11.8 Å². The number of amides is 4. The molecule has 10 nitrogen and oxygen atoms in total. The second kappa shape index (κ2) is 10.5. The van der Waals surface area contributed by atoms with E-state index in [4.69, 9.17) is 13.9 Å². The van der Waals surface area contributed by atoms with E-state index in [2.05, 4.69) is 26.0 Å². The molecule has 4 rings (SSSR count). The number of hydrogen-bond donors (Lipinski definition) is 1. The standard InChI is InChI=1S/C25H19BrN2O8/c1-33-21-12-14(3-9-19(21)35-13-17-8-10-20(36-17)24(31)34-2)11-18-22(29)27-25(32)28(23(18)30)16-6-4-15(26)5-7-16/h3-12H,13H2,1-2H3,(H,27,29,32). The fraction of sp³-hybridized carbons (Fsp3) is 0.120. The first kappa shape index (κ1) is 24.7. The number of barbiturate groups is 1. The van der Waals surface area contributed by atoms with Crippen LogP contribution in [0.25, 0.3) is 6.08 Å². The molecule has 0 saturated carbocycles. The van der Waals surface area contributed by atoms with Crippen LogP contribution in [0.2, 0.25) is 0 Å². The van der Waals surface area contributed by atoms with E-state index in [1.807, 2.05) is 0 Å². The van der Waals surface area contributed by atoms with Crippen molar-refractivity contribution in [3.63, 3.8) is 0 Å². The maximum atomic E-state index is 13.1. The Morgan fingerprint density at radius 1 is 1.03 bits per heavy atom. The van der Waals surface area contributed by atoms with E-state index in [0.29, 0.717) is 28.5 Å². The highest BCUT2D eigenvalue weighted by Gasteiger charge is 2.36. The van der Waals surface area contributed by atoms with Gasteiger partial charge in [0, 0.05) is 4.47 Å². The average molecular weight is 555 g/mol. The molecule has 1 aliphatic heterocycles. The molecule has 4 amide bonds. The normalized spacial score (nSPS) is 14.6. The van der Waals surface area contributed by atoms with E-state index < -0.39 is 23.8 Å². The molecule has 0 spiro atoms. The summed E-state index contributed by atoms with van der Waals surface area (Å²) in [7, 11) is 2.69. The maximum absolute atomic E-state index is 13.1. The number of urea groups is 1. The van der Waals surface area contributed by atoms with Crippen molar-refractivity contribution in [3.05, 3.63) is 81.7 Å². The summed E-state index contributed by atoms with van der Waals surface area (Å²) in [6, 6.07) is 13.5. The molecule has 1 fully saturated rings. The van der Waals surface area contributed by atoms with Crippen molar-refractivity contribution < 1.29 is 37.8 Å². The molecule has 1 saturated heterocycles. The number of nitrogens with zero attached hydrogens (tertiary/aromatic N) is 1. The lowest BCUT2D eigenvalue weighted by Crippen LogP contribution is -2.54. The monoisotopic (exact) mass is 554 g/mol. The van der Waals surface area contributed by atoms with Crippen molar-refractivity contribution in [1.82, 2.24) is 5.32 Å². The van der Waals surface area contributed by atoms with Crippen LogP contribution in [0.15, 0.2) is 69.1 Å². The molecule has 0 aliphatic carbocycles. The fourth-order valence-corrected chi connectivity index (χ4v) is 3.62. The minimum absolute atomic E-state index is 0.0128. The largest absolute Gasteiger partial charge is 0.493 e. The highest BCUT2D eigenvalue weighted by Crippen LogP contribution is 2.31. The van der Waals surface area contributed by atoms with Gasteiger partial charge in [-0.15, -0.1) is 0 Å². The van der Waals surface area contributed by atoms with Crippen molar-refractivity contribution in [3.8, 4) is 11.5 Å². The predicted molar refractivity (Wildman–Crippen MR) is 131 cm³/mol. The van der Waals surface area contributed by atoms with E-state index in [1.165, 1.54) is 26.4 Å². The molecule has 0 unspecified atom stereocenters. The summed E-state index contributed by atoms with van der Waals surface area (Å²) in [4.78, 5) is 50.3. The first-order valence-electron chi connectivity index (χ1n) is 10.5. The zero-order chi connectivity index (χ0) is 25.8. The van der Waals surface area contributed by atoms with Gasteiger partial charge in [0.05, 0.1) is 19.9 Å². The number of halogens is 1. The maximum Gasteiger partial charge on any atom is 0.373 e. The molecular formula is C25H19BrN2O8. The Morgan fingerprint density at radius 3 is 2.47 bits per heavy atom. The molecule has 1 N–H and O–H groups in total. The van der Waals surface area contributed by atoms with Crippen LogP contribution in [0.4, 0.5) is 10.5 Å². The van der Waals surface area contributed by atoms with Gasteiger partial charge in [0.2, 0.25) is 5.76 Å². The van der Waals surface area contributed by atoms with Crippen molar-refractivity contribution in [1.29, 1.82) is 0 Å². The minimum Gasteiger partial charge on any atom is -0.493 e. The topological polar surface area (TPSA) is 124 Å². The fourth-order valence-electron chi connectivity index (χ4n) is 3.36. The SMILES string of the molecule is COC(=O)c1ccc(COc2ccc(C=C3C(=O)NC(=O)N(c4ccc(Br)cc4)C3=O)cc2OC)o1. The van der Waals surface area contributed by atoms with Crippen molar-refractivity contribution in [2.75, 3.05) is 19.1 Å². The van der Waals surface area contributed by atoms with E-state index >= 15 is 0 Å². The molecule has 2 aromatic carbocycles. The molecule has 2 heterocycles. The first-order chi connectivity index (χ1) is 17.3. The molecule has 0 atom stereocenters. The van der Waals surface area contributed by atoms with Crippen LogP contribution in [-0.2, 0) is 20.9 Å². The first-order valence-corrected chi connectivity index (χ1v) is 11.2. The Bertz CT molecular complexity index is 1380. The summed E-state index contributed by atoms with van der Waals surface area (Å²) < 4.78 is 21.9. The number of nitrogens with one attached hydrogen (secondary N) is 1. The van der Waals surface area contributed by atoms with Gasteiger partial charge < -0.3 is 18.6 Å². The number of carbonyl (C=O) groups excluding carboxylic acids is 4. The lowest BCUT2D eigenvalue weighted by molar-refractivity contribution is -0.122. The number of benzene rings is 2. The molecule has 0 bridgehead atoms. The minimum atomic E-state index is -0.834. The Balaban J connectivity index is 1.55. The summed E-state index contributed by atoms with van der Waals surface area (Å²) in [5.74, 6) is -1.03. The molecule has 184 valence electrons. The number of anilines is 1. The summed E-state index contributed by atoms with van der Waals surface area (Å²) in [5, 5.41) is 2.18. The van der Waals surface area contributed by atoms with E-state index in [1.54, 1.807) is 48.5 Å². The molecule has 3 aromatic rings.